The van der Waals surface area contributed by atoms with E-state index in [1.807, 2.05) is 29.2 Å². The minimum absolute atomic E-state index is 0.0157. The first-order valence-electron chi connectivity index (χ1n) is 15.0. The van der Waals surface area contributed by atoms with Crippen LogP contribution in [0.15, 0.2) is 36.4 Å². The fraction of sp³-hybridized carbons (Fsp3) is 0.645. The van der Waals surface area contributed by atoms with Crippen molar-refractivity contribution in [1.29, 1.82) is 0 Å². The summed E-state index contributed by atoms with van der Waals surface area (Å²) >= 11 is 0. The van der Waals surface area contributed by atoms with Gasteiger partial charge in [-0.15, -0.1) is 0 Å². The van der Waals surface area contributed by atoms with Crippen molar-refractivity contribution >= 4 is 23.4 Å². The Labute approximate surface area is 230 Å². The summed E-state index contributed by atoms with van der Waals surface area (Å²) in [5.41, 5.74) is -0.506. The van der Waals surface area contributed by atoms with Crippen LogP contribution in [0.2, 0.25) is 0 Å². The maximum atomic E-state index is 14.4. The minimum Gasteiger partial charge on any atom is -0.497 e. The Morgan fingerprint density at radius 3 is 2.41 bits per heavy atom. The molecule has 2 aliphatic carbocycles. The van der Waals surface area contributed by atoms with E-state index in [4.69, 9.17) is 9.47 Å². The van der Waals surface area contributed by atoms with Crippen LogP contribution in [-0.4, -0.2) is 59.6 Å². The molecule has 2 bridgehead atoms. The second-order valence-corrected chi connectivity index (χ2v) is 12.0. The van der Waals surface area contributed by atoms with Gasteiger partial charge in [0, 0.05) is 23.8 Å². The number of methoxy groups -OCH3 is 1. The quantitative estimate of drug-likeness (QED) is 0.528. The molecule has 3 unspecified atom stereocenters. The molecule has 8 heteroatoms. The average molecular weight is 536 g/mol. The van der Waals surface area contributed by atoms with Gasteiger partial charge >= 0.3 is 0 Å². The third kappa shape index (κ3) is 4.75. The van der Waals surface area contributed by atoms with Crippen molar-refractivity contribution in [2.75, 3.05) is 12.4 Å². The largest absolute Gasteiger partial charge is 0.497 e. The molecule has 0 radical (unpaired) electrons. The molecule has 1 aromatic rings. The number of nitrogens with zero attached hydrogens (tertiary/aromatic N) is 1. The van der Waals surface area contributed by atoms with Gasteiger partial charge in [0.05, 0.1) is 25.0 Å². The summed E-state index contributed by atoms with van der Waals surface area (Å²) in [5.74, 6) is -1.27. The molecule has 3 heterocycles. The SMILES string of the molecule is COc1cccc(NC(=O)C2[C@H]3C=CC4(O3)C(C(=O)NC3CCCCC3)N(C3CCCCCCC3)C(=O)[C@@H]24)c1. The molecule has 4 fully saturated rings. The monoisotopic (exact) mass is 535 g/mol. The minimum atomic E-state index is -1.11. The lowest BCUT2D eigenvalue weighted by Gasteiger charge is -2.38. The Hall–Kier alpha value is -2.87. The van der Waals surface area contributed by atoms with Crippen LogP contribution in [0.4, 0.5) is 5.69 Å². The highest BCUT2D eigenvalue weighted by atomic mass is 16.5. The number of nitrogens with one attached hydrogen (secondary N) is 2. The van der Waals surface area contributed by atoms with Gasteiger partial charge in [0.1, 0.15) is 17.4 Å². The summed E-state index contributed by atoms with van der Waals surface area (Å²) < 4.78 is 11.9. The van der Waals surface area contributed by atoms with Gasteiger partial charge in [-0.1, -0.05) is 69.6 Å². The molecule has 2 saturated heterocycles. The Balaban J connectivity index is 1.31. The third-order valence-corrected chi connectivity index (χ3v) is 9.62. The van der Waals surface area contributed by atoms with Crippen LogP contribution >= 0.6 is 0 Å². The molecule has 3 amide bonds. The van der Waals surface area contributed by atoms with E-state index in [2.05, 4.69) is 10.6 Å². The van der Waals surface area contributed by atoms with E-state index in [-0.39, 0.29) is 29.8 Å². The van der Waals surface area contributed by atoms with E-state index in [0.29, 0.717) is 11.4 Å². The summed E-state index contributed by atoms with van der Waals surface area (Å²) in [7, 11) is 1.58. The first-order valence-corrected chi connectivity index (χ1v) is 15.0. The summed E-state index contributed by atoms with van der Waals surface area (Å²) in [6.45, 7) is 0. The number of likely N-dealkylation sites (tertiary alicyclic amines) is 1. The highest BCUT2D eigenvalue weighted by Crippen LogP contribution is 2.56. The van der Waals surface area contributed by atoms with Gasteiger partial charge < -0.3 is 25.0 Å². The Morgan fingerprint density at radius 1 is 0.974 bits per heavy atom. The molecular weight excluding hydrogens is 494 g/mol. The lowest BCUT2D eigenvalue weighted by Crippen LogP contribution is -2.58. The molecule has 2 saturated carbocycles. The number of hydrogen-bond donors (Lipinski definition) is 2. The van der Waals surface area contributed by atoms with Gasteiger partial charge in [-0.3, -0.25) is 14.4 Å². The number of rotatable bonds is 6. The predicted octanol–water partition coefficient (Wildman–Crippen LogP) is 4.35. The van der Waals surface area contributed by atoms with Crippen molar-refractivity contribution in [3.63, 3.8) is 0 Å². The lowest BCUT2D eigenvalue weighted by atomic mass is 9.74. The van der Waals surface area contributed by atoms with Gasteiger partial charge in [-0.25, -0.2) is 0 Å². The summed E-state index contributed by atoms with van der Waals surface area (Å²) in [6.07, 6.45) is 16.0. The molecule has 1 aromatic carbocycles. The molecule has 2 N–H and O–H groups in total. The maximum absolute atomic E-state index is 14.4. The van der Waals surface area contributed by atoms with Crippen molar-refractivity contribution in [2.45, 2.75) is 107 Å². The van der Waals surface area contributed by atoms with Gasteiger partial charge in [0.15, 0.2) is 0 Å². The summed E-state index contributed by atoms with van der Waals surface area (Å²) in [6, 6.07) is 6.56. The molecule has 0 aromatic heterocycles. The molecule has 6 rings (SSSR count). The Kier molecular flexibility index (Phi) is 7.40. The molecule has 5 aliphatic rings. The first-order chi connectivity index (χ1) is 19.0. The predicted molar refractivity (Wildman–Crippen MR) is 147 cm³/mol. The number of benzene rings is 1. The van der Waals surface area contributed by atoms with E-state index in [0.717, 1.165) is 64.2 Å². The Morgan fingerprint density at radius 2 is 1.67 bits per heavy atom. The zero-order valence-corrected chi connectivity index (χ0v) is 22.9. The lowest BCUT2D eigenvalue weighted by molar-refractivity contribution is -0.144. The molecule has 3 aliphatic heterocycles. The van der Waals surface area contributed by atoms with Crippen LogP contribution in [0.3, 0.4) is 0 Å². The van der Waals surface area contributed by atoms with E-state index in [9.17, 15) is 14.4 Å². The smallest absolute Gasteiger partial charge is 0.246 e. The van der Waals surface area contributed by atoms with Gasteiger partial charge in [0.2, 0.25) is 17.7 Å². The maximum Gasteiger partial charge on any atom is 0.246 e. The molecule has 1 spiro atoms. The van der Waals surface area contributed by atoms with E-state index < -0.39 is 29.6 Å². The topological polar surface area (TPSA) is 97.0 Å². The fourth-order valence-corrected chi connectivity index (χ4v) is 7.77. The summed E-state index contributed by atoms with van der Waals surface area (Å²) in [4.78, 5) is 44.1. The highest BCUT2D eigenvalue weighted by Gasteiger charge is 2.73. The fourth-order valence-electron chi connectivity index (χ4n) is 7.77. The van der Waals surface area contributed by atoms with E-state index >= 15 is 0 Å². The number of carbonyl (C=O) groups excluding carboxylic acids is 3. The number of carbonyl (C=O) groups is 3. The van der Waals surface area contributed by atoms with Gasteiger partial charge in [0.25, 0.3) is 0 Å². The molecular formula is C31H41N3O5. The molecule has 210 valence electrons. The number of anilines is 1. The zero-order valence-electron chi connectivity index (χ0n) is 22.9. The van der Waals surface area contributed by atoms with Crippen LogP contribution in [0, 0.1) is 11.8 Å². The Bertz CT molecular complexity index is 1120. The molecule has 39 heavy (non-hydrogen) atoms. The van der Waals surface area contributed by atoms with Crippen molar-refractivity contribution in [3.8, 4) is 5.75 Å². The highest BCUT2D eigenvalue weighted by molar-refractivity contribution is 6.03. The first kappa shape index (κ1) is 26.4. The third-order valence-electron chi connectivity index (χ3n) is 9.62. The van der Waals surface area contributed by atoms with Crippen LogP contribution in [-0.2, 0) is 19.1 Å². The standard InChI is InChI=1S/C31H41N3O5/c1-38-23-16-10-13-21(19-23)33-28(35)25-24-17-18-31(39-24)26(25)30(37)34(22-14-8-3-2-4-9-15-22)27(31)29(36)32-20-11-6-5-7-12-20/h10,13,16-20,22,24-27H,2-9,11-12,14-15H2,1H3,(H,32,36)(H,33,35)/t24-,25?,26-,27?,31?/m1/s1. The normalized spacial score (nSPS) is 32.9. The van der Waals surface area contributed by atoms with E-state index in [1.165, 1.54) is 12.8 Å². The molecule has 8 nitrogen and oxygen atoms in total. The van der Waals surface area contributed by atoms with Crippen molar-refractivity contribution < 1.29 is 23.9 Å². The number of amides is 3. The zero-order chi connectivity index (χ0) is 27.0. The van der Waals surface area contributed by atoms with Crippen molar-refractivity contribution in [1.82, 2.24) is 10.2 Å². The van der Waals surface area contributed by atoms with Crippen molar-refractivity contribution in [2.24, 2.45) is 11.8 Å². The molecule has 5 atom stereocenters. The second kappa shape index (κ2) is 11.0. The van der Waals surface area contributed by atoms with Crippen LogP contribution < -0.4 is 15.4 Å². The number of ether oxygens (including phenoxy) is 2. The van der Waals surface area contributed by atoms with Gasteiger partial charge in [-0.05, 0) is 37.8 Å². The van der Waals surface area contributed by atoms with Crippen molar-refractivity contribution in [3.05, 3.63) is 36.4 Å². The summed E-state index contributed by atoms with van der Waals surface area (Å²) in [5, 5.41) is 6.30. The van der Waals surface area contributed by atoms with Crippen LogP contribution in [0.1, 0.15) is 77.0 Å². The van der Waals surface area contributed by atoms with E-state index in [1.54, 1.807) is 19.2 Å². The number of hydrogen-bond acceptors (Lipinski definition) is 5. The number of fused-ring (bicyclic) bond motifs is 1. The average Bonchev–Trinajstić information content (AvgIpc) is 3.57. The van der Waals surface area contributed by atoms with Crippen LogP contribution in [0.25, 0.3) is 0 Å². The second-order valence-electron chi connectivity index (χ2n) is 12.0. The van der Waals surface area contributed by atoms with Gasteiger partial charge in [-0.2, -0.15) is 0 Å². The van der Waals surface area contributed by atoms with Crippen LogP contribution in [0.5, 0.6) is 5.75 Å².